The molecular weight excluding hydrogens is 263 g/mol. The van der Waals surface area contributed by atoms with Gasteiger partial charge in [0.1, 0.15) is 12.4 Å². The molecule has 1 N–H and O–H groups in total. The lowest BCUT2D eigenvalue weighted by molar-refractivity contribution is -0.671. The minimum absolute atomic E-state index is 0.243. The zero-order chi connectivity index (χ0) is 14.5. The first kappa shape index (κ1) is 14.0. The van der Waals surface area contributed by atoms with Crippen molar-refractivity contribution in [3.8, 4) is 0 Å². The Balaban J connectivity index is 1.83. The van der Waals surface area contributed by atoms with Gasteiger partial charge in [-0.1, -0.05) is 0 Å². The molecule has 0 aliphatic carbocycles. The molecule has 0 spiro atoms. The number of anilines is 1. The Labute approximate surface area is 115 Å². The summed E-state index contributed by atoms with van der Waals surface area (Å²) < 4.78 is 17.6. The molecule has 0 saturated carbocycles. The van der Waals surface area contributed by atoms with E-state index in [9.17, 15) is 14.5 Å². The van der Waals surface area contributed by atoms with Gasteiger partial charge in [0.2, 0.25) is 6.33 Å². The molecule has 0 atom stereocenters. The maximum atomic E-state index is 13.6. The van der Waals surface area contributed by atoms with E-state index in [0.29, 0.717) is 6.54 Å². The van der Waals surface area contributed by atoms with Gasteiger partial charge in [0.15, 0.2) is 5.82 Å². The average molecular weight is 279 g/mol. The van der Waals surface area contributed by atoms with Gasteiger partial charge in [-0.15, -0.1) is 0 Å². The van der Waals surface area contributed by atoms with Crippen molar-refractivity contribution in [3.05, 3.63) is 52.9 Å². The number of halogens is 1. The fraction of sp³-hybridized carbons (Fsp3) is 0.308. The topological polar surface area (TPSA) is 64.0 Å². The standard InChI is InChI=1S/C13H16FN4O2/c1-16-7-8-17(10-16)6-2-5-15-13-4-3-11(18(19)20)9-12(13)14/h3-4,7-10,15H,2,5-6H2,1H3/q+1. The third kappa shape index (κ3) is 3.53. The van der Waals surface area contributed by atoms with Crippen LogP contribution in [0.4, 0.5) is 15.8 Å². The number of nitrogens with zero attached hydrogens (tertiary/aromatic N) is 3. The van der Waals surface area contributed by atoms with E-state index < -0.39 is 10.7 Å². The third-order valence-electron chi connectivity index (χ3n) is 2.90. The number of nitrogens with one attached hydrogen (secondary N) is 1. The number of aromatic nitrogens is 2. The molecule has 0 radical (unpaired) electrons. The SMILES string of the molecule is C[n+]1ccn(CCCNc2ccc([N+](=O)[O-])cc2F)c1. The van der Waals surface area contributed by atoms with Gasteiger partial charge in [0.25, 0.3) is 5.69 Å². The number of hydrogen-bond acceptors (Lipinski definition) is 3. The molecule has 7 heteroatoms. The molecule has 0 unspecified atom stereocenters. The minimum Gasteiger partial charge on any atom is -0.383 e. The highest BCUT2D eigenvalue weighted by atomic mass is 19.1. The Morgan fingerprint density at radius 1 is 1.50 bits per heavy atom. The lowest BCUT2D eigenvalue weighted by Gasteiger charge is -2.06. The van der Waals surface area contributed by atoms with Crippen LogP contribution in [0.2, 0.25) is 0 Å². The first-order chi connectivity index (χ1) is 9.56. The fourth-order valence-electron chi connectivity index (χ4n) is 1.88. The number of benzene rings is 1. The molecule has 2 rings (SSSR count). The van der Waals surface area contributed by atoms with E-state index in [4.69, 9.17) is 0 Å². The van der Waals surface area contributed by atoms with E-state index in [0.717, 1.165) is 19.0 Å². The number of aryl methyl sites for hydroxylation is 2. The van der Waals surface area contributed by atoms with Crippen LogP contribution in [0.3, 0.4) is 0 Å². The third-order valence-corrected chi connectivity index (χ3v) is 2.90. The molecule has 20 heavy (non-hydrogen) atoms. The summed E-state index contributed by atoms with van der Waals surface area (Å²) in [4.78, 5) is 9.89. The lowest BCUT2D eigenvalue weighted by atomic mass is 10.2. The number of nitro benzene ring substituents is 1. The summed E-state index contributed by atoms with van der Waals surface area (Å²) in [5.41, 5.74) is 0.0431. The molecule has 6 nitrogen and oxygen atoms in total. The van der Waals surface area contributed by atoms with Crippen LogP contribution in [0.5, 0.6) is 0 Å². The van der Waals surface area contributed by atoms with Crippen LogP contribution >= 0.6 is 0 Å². The zero-order valence-corrected chi connectivity index (χ0v) is 11.1. The van der Waals surface area contributed by atoms with Crippen molar-refractivity contribution in [2.45, 2.75) is 13.0 Å². The predicted octanol–water partition coefficient (Wildman–Crippen LogP) is 1.86. The summed E-state index contributed by atoms with van der Waals surface area (Å²) >= 11 is 0. The highest BCUT2D eigenvalue weighted by molar-refractivity contribution is 5.49. The van der Waals surface area contributed by atoms with Crippen LogP contribution in [0.15, 0.2) is 36.9 Å². The first-order valence-corrected chi connectivity index (χ1v) is 6.25. The van der Waals surface area contributed by atoms with Crippen molar-refractivity contribution in [1.29, 1.82) is 0 Å². The van der Waals surface area contributed by atoms with Crippen LogP contribution in [0.1, 0.15) is 6.42 Å². The van der Waals surface area contributed by atoms with Gasteiger partial charge in [0.05, 0.1) is 30.3 Å². The van der Waals surface area contributed by atoms with E-state index in [1.165, 1.54) is 12.1 Å². The minimum atomic E-state index is -0.612. The van der Waals surface area contributed by atoms with E-state index in [1.54, 1.807) is 0 Å². The second-order valence-corrected chi connectivity index (χ2v) is 4.52. The van der Waals surface area contributed by atoms with Gasteiger partial charge in [-0.2, -0.15) is 0 Å². The van der Waals surface area contributed by atoms with Gasteiger partial charge in [-0.05, 0) is 6.07 Å². The Kier molecular flexibility index (Phi) is 4.29. The van der Waals surface area contributed by atoms with Crippen LogP contribution in [-0.2, 0) is 13.6 Å². The maximum Gasteiger partial charge on any atom is 0.272 e. The van der Waals surface area contributed by atoms with Gasteiger partial charge >= 0.3 is 0 Å². The van der Waals surface area contributed by atoms with Gasteiger partial charge < -0.3 is 5.32 Å². The van der Waals surface area contributed by atoms with Gasteiger partial charge in [-0.25, -0.2) is 13.5 Å². The van der Waals surface area contributed by atoms with Crippen LogP contribution < -0.4 is 9.88 Å². The largest absolute Gasteiger partial charge is 0.383 e. The summed E-state index contributed by atoms with van der Waals surface area (Å²) in [5, 5.41) is 13.4. The molecule has 106 valence electrons. The average Bonchev–Trinajstić information content (AvgIpc) is 2.81. The summed E-state index contributed by atoms with van der Waals surface area (Å²) in [6.07, 6.45) is 6.70. The van der Waals surface area contributed by atoms with E-state index >= 15 is 0 Å². The van der Waals surface area contributed by atoms with Gasteiger partial charge in [-0.3, -0.25) is 10.1 Å². The van der Waals surface area contributed by atoms with Crippen molar-refractivity contribution in [3.63, 3.8) is 0 Å². The van der Waals surface area contributed by atoms with Crippen molar-refractivity contribution in [1.82, 2.24) is 4.57 Å². The molecule has 1 aromatic carbocycles. The highest BCUT2D eigenvalue weighted by Crippen LogP contribution is 2.20. The summed E-state index contributed by atoms with van der Waals surface area (Å²) in [5.74, 6) is -0.605. The second-order valence-electron chi connectivity index (χ2n) is 4.52. The molecule has 1 aromatic heterocycles. The molecule has 0 saturated heterocycles. The zero-order valence-electron chi connectivity index (χ0n) is 11.1. The molecular formula is C13H16FN4O2+. The van der Waals surface area contributed by atoms with Crippen LogP contribution in [0, 0.1) is 15.9 Å². The quantitative estimate of drug-likeness (QED) is 0.380. The molecule has 0 fully saturated rings. The Hall–Kier alpha value is -2.44. The first-order valence-electron chi connectivity index (χ1n) is 6.25. The van der Waals surface area contributed by atoms with Crippen molar-refractivity contribution < 1.29 is 13.9 Å². The summed E-state index contributed by atoms with van der Waals surface area (Å²) in [6.45, 7) is 1.42. The smallest absolute Gasteiger partial charge is 0.272 e. The monoisotopic (exact) mass is 279 g/mol. The number of nitro groups is 1. The molecule has 0 bridgehead atoms. The Morgan fingerprint density at radius 3 is 2.90 bits per heavy atom. The number of imidazole rings is 1. The second kappa shape index (κ2) is 6.14. The van der Waals surface area contributed by atoms with Crippen molar-refractivity contribution in [2.24, 2.45) is 7.05 Å². The predicted molar refractivity (Wildman–Crippen MR) is 71.8 cm³/mol. The number of hydrogen-bond donors (Lipinski definition) is 1. The van der Waals surface area contributed by atoms with Crippen LogP contribution in [-0.4, -0.2) is 16.0 Å². The van der Waals surface area contributed by atoms with Gasteiger partial charge in [0, 0.05) is 19.0 Å². The molecule has 0 amide bonds. The summed E-state index contributed by atoms with van der Waals surface area (Å²) in [7, 11) is 1.95. The molecule has 0 aliphatic heterocycles. The molecule has 1 heterocycles. The van der Waals surface area contributed by atoms with Crippen molar-refractivity contribution in [2.75, 3.05) is 11.9 Å². The Morgan fingerprint density at radius 2 is 2.30 bits per heavy atom. The van der Waals surface area contributed by atoms with E-state index in [-0.39, 0.29) is 11.4 Å². The fourth-order valence-corrected chi connectivity index (χ4v) is 1.88. The van der Waals surface area contributed by atoms with Crippen molar-refractivity contribution >= 4 is 11.4 Å². The van der Waals surface area contributed by atoms with E-state index in [2.05, 4.69) is 5.32 Å². The lowest BCUT2D eigenvalue weighted by Crippen LogP contribution is -2.23. The molecule has 2 aromatic rings. The molecule has 0 aliphatic rings. The van der Waals surface area contributed by atoms with E-state index in [1.807, 2.05) is 34.9 Å². The summed E-state index contributed by atoms with van der Waals surface area (Å²) in [6, 6.07) is 3.61. The highest BCUT2D eigenvalue weighted by Gasteiger charge is 2.10. The number of non-ortho nitro benzene ring substituents is 1. The number of rotatable bonds is 6. The maximum absolute atomic E-state index is 13.6. The van der Waals surface area contributed by atoms with Crippen LogP contribution in [0.25, 0.3) is 0 Å². The Bertz CT molecular complexity index is 612. The normalized spacial score (nSPS) is 10.5.